The molecular formula is C8H16N2O4S2. The summed E-state index contributed by atoms with van der Waals surface area (Å²) in [7, 11) is 0. The average Bonchev–Trinajstić information content (AvgIpc) is 2.30. The van der Waals surface area contributed by atoms with Crippen molar-refractivity contribution in [3.05, 3.63) is 0 Å². The lowest BCUT2D eigenvalue weighted by Crippen LogP contribution is -2.45. The van der Waals surface area contributed by atoms with E-state index in [4.69, 9.17) is 10.2 Å². The van der Waals surface area contributed by atoms with Crippen molar-refractivity contribution < 1.29 is 19.8 Å². The van der Waals surface area contributed by atoms with E-state index in [1.165, 1.54) is 0 Å². The molecule has 0 aliphatic heterocycles. The number of hydrogen-bond acceptors (Lipinski definition) is 6. The molecule has 0 spiro atoms. The van der Waals surface area contributed by atoms with Crippen molar-refractivity contribution in [3.63, 3.8) is 0 Å². The van der Waals surface area contributed by atoms with Crippen molar-refractivity contribution >= 4 is 37.1 Å². The molecule has 0 saturated heterocycles. The highest BCUT2D eigenvalue weighted by Gasteiger charge is 2.27. The van der Waals surface area contributed by atoms with E-state index in [2.05, 4.69) is 35.9 Å². The van der Waals surface area contributed by atoms with Gasteiger partial charge in [0, 0.05) is 13.1 Å². The van der Waals surface area contributed by atoms with Gasteiger partial charge in [0.15, 0.2) is 0 Å². The number of thiol groups is 2. The Hall–Kier alpha value is -0.440. The van der Waals surface area contributed by atoms with Crippen LogP contribution >= 0.6 is 25.3 Å². The van der Waals surface area contributed by atoms with Crippen LogP contribution in [0, 0.1) is 0 Å². The molecule has 0 saturated carbocycles. The minimum absolute atomic E-state index is 0.106. The third kappa shape index (κ3) is 5.59. The van der Waals surface area contributed by atoms with Gasteiger partial charge in [-0.05, 0) is 0 Å². The summed E-state index contributed by atoms with van der Waals surface area (Å²) >= 11 is 7.92. The number of rotatable bonds is 7. The summed E-state index contributed by atoms with van der Waals surface area (Å²) in [4.78, 5) is 22.7. The Morgan fingerprint density at radius 1 is 0.938 bits per heavy atom. The van der Waals surface area contributed by atoms with Gasteiger partial charge in [0.2, 0.25) is 11.8 Å². The van der Waals surface area contributed by atoms with Gasteiger partial charge in [-0.3, -0.25) is 9.59 Å². The lowest BCUT2D eigenvalue weighted by atomic mass is 10.2. The van der Waals surface area contributed by atoms with E-state index < -0.39 is 22.3 Å². The Morgan fingerprint density at radius 2 is 1.25 bits per heavy atom. The highest BCUT2D eigenvalue weighted by atomic mass is 32.1. The fourth-order valence-electron chi connectivity index (χ4n) is 0.854. The number of carbonyl (C=O) groups excluding carboxylic acids is 2. The predicted octanol–water partition coefficient (Wildman–Crippen LogP) is -2.20. The molecule has 0 aromatic rings. The summed E-state index contributed by atoms with van der Waals surface area (Å²) in [5, 5.41) is 19.9. The summed E-state index contributed by atoms with van der Waals surface area (Å²) in [5.41, 5.74) is 0. The van der Waals surface area contributed by atoms with Crippen LogP contribution in [0.2, 0.25) is 0 Å². The molecule has 0 aliphatic rings. The molecule has 0 aliphatic carbocycles. The van der Waals surface area contributed by atoms with Gasteiger partial charge < -0.3 is 20.8 Å². The number of amides is 2. The van der Waals surface area contributed by atoms with Crippen molar-refractivity contribution in [1.29, 1.82) is 0 Å². The Balaban J connectivity index is 4.09. The summed E-state index contributed by atoms with van der Waals surface area (Å²) in [6.07, 6.45) is 0. The number of nitrogens with one attached hydrogen (secondary N) is 2. The topological polar surface area (TPSA) is 98.7 Å². The van der Waals surface area contributed by atoms with Crippen LogP contribution in [-0.2, 0) is 9.59 Å². The van der Waals surface area contributed by atoms with Crippen LogP contribution in [0.15, 0.2) is 0 Å². The first-order valence-electron chi connectivity index (χ1n) is 4.67. The molecular weight excluding hydrogens is 252 g/mol. The summed E-state index contributed by atoms with van der Waals surface area (Å²) in [6, 6.07) is 0. The van der Waals surface area contributed by atoms with E-state index in [0.717, 1.165) is 0 Å². The van der Waals surface area contributed by atoms with Crippen molar-refractivity contribution in [2.75, 3.05) is 26.3 Å². The maximum absolute atomic E-state index is 11.3. The first-order valence-corrected chi connectivity index (χ1v) is 5.71. The molecule has 4 N–H and O–H groups in total. The van der Waals surface area contributed by atoms with E-state index >= 15 is 0 Å². The summed E-state index contributed by atoms with van der Waals surface area (Å²) < 4.78 is 0. The van der Waals surface area contributed by atoms with Gasteiger partial charge in [0.05, 0.1) is 13.2 Å². The van der Waals surface area contributed by atoms with Gasteiger partial charge in [0.1, 0.15) is 10.5 Å². The first-order chi connectivity index (χ1) is 7.54. The molecule has 6 nitrogen and oxygen atoms in total. The van der Waals surface area contributed by atoms with Crippen LogP contribution in [0.3, 0.4) is 0 Å². The molecule has 8 heteroatoms. The Labute approximate surface area is 105 Å². The quantitative estimate of drug-likeness (QED) is 0.295. The van der Waals surface area contributed by atoms with E-state index in [-0.39, 0.29) is 26.3 Å². The van der Waals surface area contributed by atoms with Crippen LogP contribution in [0.25, 0.3) is 0 Å². The van der Waals surface area contributed by atoms with Crippen LogP contribution in [-0.4, -0.2) is 58.8 Å². The van der Waals surface area contributed by atoms with Gasteiger partial charge in [0.25, 0.3) is 0 Å². The van der Waals surface area contributed by atoms with Gasteiger partial charge in [-0.1, -0.05) is 0 Å². The molecule has 0 rings (SSSR count). The van der Waals surface area contributed by atoms with E-state index in [1.54, 1.807) is 0 Å². The lowest BCUT2D eigenvalue weighted by molar-refractivity contribution is -0.125. The lowest BCUT2D eigenvalue weighted by Gasteiger charge is -2.17. The normalized spacial score (nSPS) is 14.0. The zero-order chi connectivity index (χ0) is 12.6. The number of aliphatic hydroxyl groups excluding tert-OH is 2. The van der Waals surface area contributed by atoms with E-state index in [0.29, 0.717) is 0 Å². The molecule has 0 radical (unpaired) electrons. The molecule has 16 heavy (non-hydrogen) atoms. The second kappa shape index (κ2) is 8.68. The maximum Gasteiger partial charge on any atom is 0.234 e. The Morgan fingerprint density at radius 3 is 1.50 bits per heavy atom. The summed E-state index contributed by atoms with van der Waals surface area (Å²) in [5.74, 6) is -0.951. The van der Waals surface area contributed by atoms with Crippen LogP contribution < -0.4 is 10.6 Å². The van der Waals surface area contributed by atoms with E-state index in [9.17, 15) is 9.59 Å². The Bertz CT molecular complexity index is 216. The second-order valence-electron chi connectivity index (χ2n) is 2.92. The minimum Gasteiger partial charge on any atom is -0.395 e. The zero-order valence-corrected chi connectivity index (χ0v) is 10.4. The number of hydrogen-bond donors (Lipinski definition) is 6. The fraction of sp³-hybridized carbons (Fsp3) is 0.750. The number of aliphatic hydroxyl groups is 2. The van der Waals surface area contributed by atoms with Crippen LogP contribution in [0.4, 0.5) is 0 Å². The van der Waals surface area contributed by atoms with Crippen LogP contribution in [0.5, 0.6) is 0 Å². The standard InChI is InChI=1S/C8H16N2O4S2/c11-3-1-9-7(13)5(15)6(16)8(14)10-2-4-12/h5-6,11-12,15-16H,1-4H2,(H,9,13)(H,10,14). The molecule has 0 fully saturated rings. The highest BCUT2D eigenvalue weighted by Crippen LogP contribution is 2.09. The molecule has 2 atom stereocenters. The third-order valence-electron chi connectivity index (χ3n) is 1.66. The largest absolute Gasteiger partial charge is 0.395 e. The van der Waals surface area contributed by atoms with Gasteiger partial charge >= 0.3 is 0 Å². The summed E-state index contributed by atoms with van der Waals surface area (Å²) in [6.45, 7) is -0.149. The molecule has 0 aromatic heterocycles. The SMILES string of the molecule is O=C(NCCO)C(S)C(S)C(=O)NCCO. The minimum atomic E-state index is -0.909. The molecule has 0 bridgehead atoms. The molecule has 2 amide bonds. The van der Waals surface area contributed by atoms with Gasteiger partial charge in [-0.2, -0.15) is 25.3 Å². The molecule has 94 valence electrons. The van der Waals surface area contributed by atoms with E-state index in [1.807, 2.05) is 0 Å². The monoisotopic (exact) mass is 268 g/mol. The maximum atomic E-state index is 11.3. The zero-order valence-electron chi connectivity index (χ0n) is 8.59. The van der Waals surface area contributed by atoms with Crippen LogP contribution in [0.1, 0.15) is 0 Å². The molecule has 0 heterocycles. The highest BCUT2D eigenvalue weighted by molar-refractivity contribution is 7.86. The third-order valence-corrected chi connectivity index (χ3v) is 2.96. The van der Waals surface area contributed by atoms with Gasteiger partial charge in [-0.25, -0.2) is 0 Å². The predicted molar refractivity (Wildman–Crippen MR) is 65.7 cm³/mol. The van der Waals surface area contributed by atoms with Crippen molar-refractivity contribution in [2.24, 2.45) is 0 Å². The van der Waals surface area contributed by atoms with Crippen molar-refractivity contribution in [1.82, 2.24) is 10.6 Å². The second-order valence-corrected chi connectivity index (χ2v) is 4.03. The van der Waals surface area contributed by atoms with Crippen molar-refractivity contribution in [2.45, 2.75) is 10.5 Å². The smallest absolute Gasteiger partial charge is 0.234 e. The number of carbonyl (C=O) groups is 2. The molecule has 2 unspecified atom stereocenters. The Kier molecular flexibility index (Phi) is 8.44. The van der Waals surface area contributed by atoms with Crippen molar-refractivity contribution in [3.8, 4) is 0 Å². The van der Waals surface area contributed by atoms with Gasteiger partial charge in [-0.15, -0.1) is 0 Å². The average molecular weight is 268 g/mol. The fourth-order valence-corrected chi connectivity index (χ4v) is 1.31. The molecule has 0 aromatic carbocycles. The first kappa shape index (κ1) is 15.6.